The molecule has 0 fully saturated rings. The number of benzene rings is 2. The number of hydrogen-bond donors (Lipinski definition) is 1. The maximum absolute atomic E-state index is 13.4. The fraction of sp³-hybridized carbons (Fsp3) is 0.333. The van der Waals surface area contributed by atoms with Gasteiger partial charge in [-0.3, -0.25) is 0 Å². The third-order valence-corrected chi connectivity index (χ3v) is 4.68. The SMILES string of the molecule is CS(=O)(=O)CCCOc1ccc(-c2cccc(CO)c2)cc1C(F)(F)F. The lowest BCUT2D eigenvalue weighted by Crippen LogP contribution is -2.12. The van der Waals surface area contributed by atoms with Gasteiger partial charge in [0, 0.05) is 6.26 Å². The van der Waals surface area contributed by atoms with Crippen molar-refractivity contribution in [1.29, 1.82) is 0 Å². The molecule has 0 saturated carbocycles. The van der Waals surface area contributed by atoms with Crippen LogP contribution in [-0.4, -0.2) is 32.1 Å². The van der Waals surface area contributed by atoms with Crippen molar-refractivity contribution in [2.75, 3.05) is 18.6 Å². The van der Waals surface area contributed by atoms with Gasteiger partial charge in [-0.15, -0.1) is 0 Å². The lowest BCUT2D eigenvalue weighted by molar-refractivity contribution is -0.138. The Morgan fingerprint density at radius 2 is 1.77 bits per heavy atom. The highest BCUT2D eigenvalue weighted by Crippen LogP contribution is 2.39. The van der Waals surface area contributed by atoms with Crippen molar-refractivity contribution in [3.63, 3.8) is 0 Å². The quantitative estimate of drug-likeness (QED) is 0.735. The van der Waals surface area contributed by atoms with Crippen molar-refractivity contribution >= 4 is 9.84 Å². The van der Waals surface area contributed by atoms with E-state index in [1.54, 1.807) is 24.3 Å². The average Bonchev–Trinajstić information content (AvgIpc) is 2.57. The first-order valence-corrected chi connectivity index (χ1v) is 9.88. The van der Waals surface area contributed by atoms with Crippen LogP contribution in [0.3, 0.4) is 0 Å². The van der Waals surface area contributed by atoms with Crippen molar-refractivity contribution in [2.45, 2.75) is 19.2 Å². The monoisotopic (exact) mass is 388 g/mol. The minimum atomic E-state index is -4.61. The molecular formula is C18H19F3O4S. The Labute approximate surface area is 150 Å². The van der Waals surface area contributed by atoms with Crippen LogP contribution in [0, 0.1) is 0 Å². The van der Waals surface area contributed by atoms with Gasteiger partial charge in [0.15, 0.2) is 0 Å². The standard InChI is InChI=1S/C18H19F3O4S/c1-26(23,24)9-3-8-25-17-7-6-15(11-16(17)18(19,20)21)14-5-2-4-13(10-14)12-22/h2,4-7,10-11,22H,3,8-9,12H2,1H3. The van der Waals surface area contributed by atoms with Gasteiger partial charge in [-0.05, 0) is 41.3 Å². The molecule has 0 aliphatic heterocycles. The molecule has 0 aliphatic rings. The molecule has 0 aliphatic carbocycles. The van der Waals surface area contributed by atoms with Crippen molar-refractivity contribution in [3.8, 4) is 16.9 Å². The molecule has 0 saturated heterocycles. The second kappa shape index (κ2) is 8.09. The summed E-state index contributed by atoms with van der Waals surface area (Å²) in [7, 11) is -3.19. The number of sulfone groups is 1. The number of alkyl halides is 3. The second-order valence-electron chi connectivity index (χ2n) is 5.90. The molecule has 0 bridgehead atoms. The van der Waals surface area contributed by atoms with E-state index in [0.717, 1.165) is 12.3 Å². The highest BCUT2D eigenvalue weighted by Gasteiger charge is 2.34. The summed E-state index contributed by atoms with van der Waals surface area (Å²) < 4.78 is 67.4. The molecule has 0 spiro atoms. The Bertz CT molecular complexity index is 861. The van der Waals surface area contributed by atoms with Crippen LogP contribution in [0.25, 0.3) is 11.1 Å². The van der Waals surface area contributed by atoms with Gasteiger partial charge in [0.05, 0.1) is 24.5 Å². The Morgan fingerprint density at radius 1 is 1.08 bits per heavy atom. The number of aliphatic hydroxyl groups is 1. The predicted molar refractivity (Wildman–Crippen MR) is 92.6 cm³/mol. The number of ether oxygens (including phenoxy) is 1. The predicted octanol–water partition coefficient (Wildman–Crippen LogP) is 3.68. The third kappa shape index (κ3) is 5.74. The van der Waals surface area contributed by atoms with Gasteiger partial charge in [-0.1, -0.05) is 24.3 Å². The van der Waals surface area contributed by atoms with E-state index in [2.05, 4.69) is 0 Å². The average molecular weight is 388 g/mol. The first kappa shape index (κ1) is 20.3. The number of rotatable bonds is 7. The van der Waals surface area contributed by atoms with Crippen LogP contribution < -0.4 is 4.74 Å². The Hall–Kier alpha value is -2.06. The van der Waals surface area contributed by atoms with Crippen LogP contribution in [0.4, 0.5) is 13.2 Å². The normalized spacial score (nSPS) is 12.2. The van der Waals surface area contributed by atoms with Crippen molar-refractivity contribution in [2.24, 2.45) is 0 Å². The van der Waals surface area contributed by atoms with E-state index in [4.69, 9.17) is 4.74 Å². The van der Waals surface area contributed by atoms with E-state index >= 15 is 0 Å². The summed E-state index contributed by atoms with van der Waals surface area (Å²) in [6, 6.07) is 10.3. The zero-order valence-electron chi connectivity index (χ0n) is 14.1. The highest BCUT2D eigenvalue weighted by molar-refractivity contribution is 7.90. The highest BCUT2D eigenvalue weighted by atomic mass is 32.2. The summed E-state index contributed by atoms with van der Waals surface area (Å²) in [5.41, 5.74) is 0.558. The summed E-state index contributed by atoms with van der Waals surface area (Å²) in [5.74, 6) is -0.492. The summed E-state index contributed by atoms with van der Waals surface area (Å²) in [6.07, 6.45) is -3.45. The fourth-order valence-electron chi connectivity index (χ4n) is 2.41. The van der Waals surface area contributed by atoms with E-state index in [1.165, 1.54) is 12.1 Å². The Balaban J connectivity index is 2.27. The summed E-state index contributed by atoms with van der Waals surface area (Å²) in [6.45, 7) is -0.336. The number of aliphatic hydroxyl groups excluding tert-OH is 1. The van der Waals surface area contributed by atoms with E-state index in [-0.39, 0.29) is 31.1 Å². The lowest BCUT2D eigenvalue weighted by atomic mass is 10.0. The topological polar surface area (TPSA) is 63.6 Å². The number of halogens is 3. The fourth-order valence-corrected chi connectivity index (χ4v) is 3.05. The third-order valence-electron chi connectivity index (χ3n) is 3.64. The molecule has 8 heteroatoms. The molecular weight excluding hydrogens is 369 g/mol. The van der Waals surface area contributed by atoms with Crippen LogP contribution in [0.15, 0.2) is 42.5 Å². The molecule has 0 heterocycles. The van der Waals surface area contributed by atoms with Crippen LogP contribution in [0.1, 0.15) is 17.5 Å². The van der Waals surface area contributed by atoms with E-state index in [1.807, 2.05) is 0 Å². The van der Waals surface area contributed by atoms with Gasteiger partial charge in [-0.25, -0.2) is 8.42 Å². The van der Waals surface area contributed by atoms with Gasteiger partial charge in [-0.2, -0.15) is 13.2 Å². The van der Waals surface area contributed by atoms with Crippen LogP contribution in [0.2, 0.25) is 0 Å². The molecule has 2 aromatic carbocycles. The van der Waals surface area contributed by atoms with Gasteiger partial charge in [0.25, 0.3) is 0 Å². The Kier molecular flexibility index (Phi) is 6.30. The van der Waals surface area contributed by atoms with Gasteiger partial charge >= 0.3 is 6.18 Å². The second-order valence-corrected chi connectivity index (χ2v) is 8.16. The maximum Gasteiger partial charge on any atom is 0.419 e. The molecule has 0 unspecified atom stereocenters. The van der Waals surface area contributed by atoms with Crippen molar-refractivity contribution < 1.29 is 31.4 Å². The van der Waals surface area contributed by atoms with Crippen LogP contribution >= 0.6 is 0 Å². The Morgan fingerprint density at radius 3 is 2.38 bits per heavy atom. The summed E-state index contributed by atoms with van der Waals surface area (Å²) >= 11 is 0. The minimum absolute atomic E-state index is 0.108. The zero-order valence-corrected chi connectivity index (χ0v) is 14.9. The molecule has 0 aromatic heterocycles. The van der Waals surface area contributed by atoms with E-state index < -0.39 is 21.6 Å². The molecule has 142 valence electrons. The molecule has 2 rings (SSSR count). The van der Waals surface area contributed by atoms with Crippen LogP contribution in [0.5, 0.6) is 5.75 Å². The summed E-state index contributed by atoms with van der Waals surface area (Å²) in [4.78, 5) is 0. The van der Waals surface area contributed by atoms with Gasteiger partial charge in [0.1, 0.15) is 15.6 Å². The molecule has 1 N–H and O–H groups in total. The van der Waals surface area contributed by atoms with Gasteiger partial charge < -0.3 is 9.84 Å². The van der Waals surface area contributed by atoms with Crippen LogP contribution in [-0.2, 0) is 22.6 Å². The van der Waals surface area contributed by atoms with Gasteiger partial charge in [0.2, 0.25) is 0 Å². The molecule has 0 radical (unpaired) electrons. The minimum Gasteiger partial charge on any atom is -0.493 e. The first-order valence-electron chi connectivity index (χ1n) is 7.82. The maximum atomic E-state index is 13.4. The van der Waals surface area contributed by atoms with E-state index in [0.29, 0.717) is 16.7 Å². The van der Waals surface area contributed by atoms with E-state index in [9.17, 15) is 26.7 Å². The smallest absolute Gasteiger partial charge is 0.419 e. The van der Waals surface area contributed by atoms with Crippen molar-refractivity contribution in [1.82, 2.24) is 0 Å². The lowest BCUT2D eigenvalue weighted by Gasteiger charge is -2.16. The number of hydrogen-bond acceptors (Lipinski definition) is 4. The molecule has 2 aromatic rings. The first-order chi connectivity index (χ1) is 12.1. The largest absolute Gasteiger partial charge is 0.493 e. The molecule has 26 heavy (non-hydrogen) atoms. The molecule has 0 atom stereocenters. The summed E-state index contributed by atoms with van der Waals surface area (Å²) in [5, 5.41) is 9.17. The van der Waals surface area contributed by atoms with Crippen molar-refractivity contribution in [3.05, 3.63) is 53.6 Å². The molecule has 0 amide bonds. The molecule has 4 nitrogen and oxygen atoms in total. The zero-order chi connectivity index (χ0) is 19.4.